The Morgan fingerprint density at radius 3 is 2.80 bits per heavy atom. The van der Waals surface area contributed by atoms with E-state index in [9.17, 15) is 4.57 Å². The molecule has 0 aromatic rings. The number of fused-ring (bicyclic) bond motifs is 1. The molecule has 88 valence electrons. The summed E-state index contributed by atoms with van der Waals surface area (Å²) in [7, 11) is 0.858. The molecule has 3 unspecified atom stereocenters. The normalized spacial score (nSPS) is 43.1. The van der Waals surface area contributed by atoms with Crippen molar-refractivity contribution in [3.8, 4) is 0 Å². The average Bonchev–Trinajstić information content (AvgIpc) is 2.62. The topological polar surface area (TPSA) is 44.8 Å². The lowest BCUT2D eigenvalue weighted by Crippen LogP contribution is -2.46. The summed E-state index contributed by atoms with van der Waals surface area (Å²) >= 11 is 0. The van der Waals surface area contributed by atoms with Crippen LogP contribution in [0.15, 0.2) is 0 Å². The highest BCUT2D eigenvalue weighted by molar-refractivity contribution is 7.48. The van der Waals surface area contributed by atoms with Gasteiger partial charge in [-0.2, -0.15) is 0 Å². The molecule has 2 aliphatic rings. The quantitative estimate of drug-likeness (QED) is 0.553. The van der Waals surface area contributed by atoms with Crippen molar-refractivity contribution in [3.63, 3.8) is 0 Å². The Bertz CT molecular complexity index is 294. The van der Waals surface area contributed by atoms with Gasteiger partial charge in [-0.25, -0.2) is 9.09 Å². The molecule has 2 saturated heterocycles. The Labute approximate surface area is 90.5 Å². The molecular weight excluding hydrogens is 217 g/mol. The van der Waals surface area contributed by atoms with Crippen molar-refractivity contribution >= 4 is 7.82 Å². The number of nitrogens with zero attached hydrogens (tertiary/aromatic N) is 1. The summed E-state index contributed by atoms with van der Waals surface area (Å²) in [6, 6.07) is 0. The highest BCUT2D eigenvalue weighted by atomic mass is 31.2. The maximum Gasteiger partial charge on any atom is 0.480 e. The third kappa shape index (κ3) is 2.12. The number of likely N-dealkylation sites (tertiary alicyclic amines) is 1. The van der Waals surface area contributed by atoms with E-state index in [-0.39, 0.29) is 12.3 Å². The number of hydrogen-bond donors (Lipinski definition) is 0. The third-order valence-electron chi connectivity index (χ3n) is 2.95. The Morgan fingerprint density at radius 2 is 2.20 bits per heavy atom. The van der Waals surface area contributed by atoms with E-state index in [1.165, 1.54) is 0 Å². The molecule has 0 aliphatic carbocycles. The van der Waals surface area contributed by atoms with Crippen LogP contribution < -0.4 is 0 Å². The molecule has 2 aliphatic heterocycles. The first kappa shape index (κ1) is 11.6. The van der Waals surface area contributed by atoms with E-state index in [2.05, 4.69) is 14.1 Å². The minimum Gasteiger partial charge on any atom is -0.301 e. The van der Waals surface area contributed by atoms with Crippen LogP contribution in [0.3, 0.4) is 0 Å². The smallest absolute Gasteiger partial charge is 0.301 e. The second-order valence-electron chi connectivity index (χ2n) is 4.71. The molecule has 0 saturated carbocycles. The molecule has 0 N–H and O–H groups in total. The van der Waals surface area contributed by atoms with E-state index in [0.29, 0.717) is 11.1 Å². The average molecular weight is 236 g/mol. The lowest BCUT2D eigenvalue weighted by molar-refractivity contribution is -0.920. The fourth-order valence-electron chi connectivity index (χ4n) is 2.07. The molecule has 0 bridgehead atoms. The third-order valence-corrected chi connectivity index (χ3v) is 4.45. The number of phosphoric acid groups is 1. The summed E-state index contributed by atoms with van der Waals surface area (Å²) in [5.74, 6) is 0. The van der Waals surface area contributed by atoms with Gasteiger partial charge in [0.2, 0.25) is 6.23 Å². The molecule has 0 radical (unpaired) electrons. The molecule has 15 heavy (non-hydrogen) atoms. The molecule has 6 heteroatoms. The standard InChI is InChI=1S/C9H19NO4P/c1-4-7-12-15(11)13-8-5-6-10(2,3)9(8)14-15/h8-9H,4-7H2,1-3H3/q+1. The Morgan fingerprint density at radius 1 is 1.47 bits per heavy atom. The molecule has 2 heterocycles. The maximum atomic E-state index is 12.0. The second kappa shape index (κ2) is 3.82. The maximum absolute atomic E-state index is 12.0. The zero-order valence-electron chi connectivity index (χ0n) is 9.51. The van der Waals surface area contributed by atoms with Gasteiger partial charge in [0.05, 0.1) is 27.2 Å². The molecule has 2 rings (SSSR count). The van der Waals surface area contributed by atoms with Crippen LogP contribution in [0, 0.1) is 0 Å². The molecule has 0 aromatic carbocycles. The lowest BCUT2D eigenvalue weighted by atomic mass is 10.3. The zero-order valence-corrected chi connectivity index (χ0v) is 10.4. The molecule has 2 fully saturated rings. The van der Waals surface area contributed by atoms with Crippen LogP contribution in [-0.2, 0) is 18.1 Å². The predicted octanol–water partition coefficient (Wildman–Crippen LogP) is 1.74. The van der Waals surface area contributed by atoms with Crippen LogP contribution in [-0.4, -0.2) is 44.1 Å². The van der Waals surface area contributed by atoms with Gasteiger partial charge in [0, 0.05) is 6.42 Å². The highest BCUT2D eigenvalue weighted by Gasteiger charge is 2.57. The van der Waals surface area contributed by atoms with Gasteiger partial charge in [0.1, 0.15) is 0 Å². The van der Waals surface area contributed by atoms with Crippen LogP contribution in [0.1, 0.15) is 19.8 Å². The lowest BCUT2D eigenvalue weighted by Gasteiger charge is -2.28. The molecule has 3 atom stereocenters. The summed E-state index contributed by atoms with van der Waals surface area (Å²) in [5, 5.41) is 0. The predicted molar refractivity (Wildman–Crippen MR) is 55.2 cm³/mol. The monoisotopic (exact) mass is 236 g/mol. The van der Waals surface area contributed by atoms with E-state index in [4.69, 9.17) is 13.6 Å². The van der Waals surface area contributed by atoms with Gasteiger partial charge in [-0.1, -0.05) is 6.92 Å². The number of likely N-dealkylation sites (N-methyl/N-ethyl adjacent to an activating group) is 1. The van der Waals surface area contributed by atoms with Crippen LogP contribution in [0.4, 0.5) is 0 Å². The summed E-state index contributed by atoms with van der Waals surface area (Å²) in [6.07, 6.45) is 1.50. The van der Waals surface area contributed by atoms with E-state index < -0.39 is 7.82 Å². The summed E-state index contributed by atoms with van der Waals surface area (Å²) in [6.45, 7) is 3.37. The minimum absolute atomic E-state index is 0.0670. The molecule has 0 spiro atoms. The summed E-state index contributed by atoms with van der Waals surface area (Å²) < 4.78 is 28.7. The van der Waals surface area contributed by atoms with Gasteiger partial charge >= 0.3 is 7.82 Å². The Kier molecular flexibility index (Phi) is 2.95. The van der Waals surface area contributed by atoms with Gasteiger partial charge in [0.15, 0.2) is 6.10 Å². The fourth-order valence-corrected chi connectivity index (χ4v) is 3.84. The van der Waals surface area contributed by atoms with Crippen molar-refractivity contribution < 1.29 is 22.6 Å². The van der Waals surface area contributed by atoms with Crippen molar-refractivity contribution in [2.45, 2.75) is 32.1 Å². The van der Waals surface area contributed by atoms with Gasteiger partial charge in [-0.05, 0) is 6.42 Å². The molecule has 0 aromatic heterocycles. The van der Waals surface area contributed by atoms with Crippen molar-refractivity contribution in [2.24, 2.45) is 0 Å². The fraction of sp³-hybridized carbons (Fsp3) is 1.00. The molecular formula is C9H19NO4P+. The van der Waals surface area contributed by atoms with Crippen LogP contribution >= 0.6 is 7.82 Å². The second-order valence-corrected chi connectivity index (χ2v) is 6.29. The van der Waals surface area contributed by atoms with E-state index in [1.54, 1.807) is 0 Å². The Hall–Kier alpha value is 0.0700. The molecule has 5 nitrogen and oxygen atoms in total. The van der Waals surface area contributed by atoms with E-state index in [1.807, 2.05) is 6.92 Å². The van der Waals surface area contributed by atoms with Gasteiger partial charge < -0.3 is 4.48 Å². The van der Waals surface area contributed by atoms with Crippen LogP contribution in [0.2, 0.25) is 0 Å². The first-order valence-electron chi connectivity index (χ1n) is 5.41. The largest absolute Gasteiger partial charge is 0.480 e. The van der Waals surface area contributed by atoms with Crippen molar-refractivity contribution in [1.29, 1.82) is 0 Å². The van der Waals surface area contributed by atoms with Crippen LogP contribution in [0.5, 0.6) is 0 Å². The van der Waals surface area contributed by atoms with Gasteiger partial charge in [-0.15, -0.1) is 0 Å². The summed E-state index contributed by atoms with van der Waals surface area (Å²) in [5.41, 5.74) is 0. The van der Waals surface area contributed by atoms with Gasteiger partial charge in [-0.3, -0.25) is 9.05 Å². The minimum atomic E-state index is -3.26. The highest BCUT2D eigenvalue weighted by Crippen LogP contribution is 2.60. The number of rotatable bonds is 3. The van der Waals surface area contributed by atoms with Crippen molar-refractivity contribution in [2.75, 3.05) is 27.2 Å². The zero-order chi connectivity index (χ0) is 11.1. The SMILES string of the molecule is CCCOP1(=O)OC2CC[N+](C)(C)C2O1. The first-order chi connectivity index (χ1) is 6.97. The first-order valence-corrected chi connectivity index (χ1v) is 6.87. The van der Waals surface area contributed by atoms with Crippen molar-refractivity contribution in [3.05, 3.63) is 0 Å². The summed E-state index contributed by atoms with van der Waals surface area (Å²) in [4.78, 5) is 0. The van der Waals surface area contributed by atoms with E-state index in [0.717, 1.165) is 19.4 Å². The number of quaternary nitrogens is 1. The molecule has 0 amide bonds. The van der Waals surface area contributed by atoms with Crippen molar-refractivity contribution in [1.82, 2.24) is 0 Å². The van der Waals surface area contributed by atoms with Gasteiger partial charge in [0.25, 0.3) is 0 Å². The number of phosphoric ester groups is 1. The number of hydrogen-bond acceptors (Lipinski definition) is 4. The van der Waals surface area contributed by atoms with E-state index >= 15 is 0 Å². The Balaban J connectivity index is 2.03. The van der Waals surface area contributed by atoms with Crippen LogP contribution in [0.25, 0.3) is 0 Å².